The zero-order valence-corrected chi connectivity index (χ0v) is 11.8. The molecule has 0 aliphatic carbocycles. The number of para-hydroxylation sites is 1. The lowest BCUT2D eigenvalue weighted by Crippen LogP contribution is -2.12. The van der Waals surface area contributed by atoms with Crippen LogP contribution >= 0.6 is 11.3 Å². The lowest BCUT2D eigenvalue weighted by atomic mass is 10.2. The van der Waals surface area contributed by atoms with Gasteiger partial charge in [0.15, 0.2) is 0 Å². The molecule has 1 aromatic heterocycles. The molecule has 1 heterocycles. The zero-order chi connectivity index (χ0) is 13.8. The fraction of sp³-hybridized carbons (Fsp3) is 0.308. The number of amides is 1. The smallest absolute Gasteiger partial charge is 0.261 e. The average molecular weight is 277 g/mol. The molecule has 0 saturated carbocycles. The minimum absolute atomic E-state index is 0.246. The fourth-order valence-electron chi connectivity index (χ4n) is 1.52. The number of carbonyl (C=O) groups excluding carboxylic acids is 1. The maximum Gasteiger partial charge on any atom is 0.261 e. The van der Waals surface area contributed by atoms with E-state index >= 15 is 0 Å². The van der Waals surface area contributed by atoms with Crippen LogP contribution in [0.1, 0.15) is 35.1 Å². The molecule has 0 atom stereocenters. The first-order chi connectivity index (χ1) is 9.11. The Hall–Kier alpha value is -1.95. The lowest BCUT2D eigenvalue weighted by Gasteiger charge is -2.06. The molecule has 0 aliphatic heterocycles. The summed E-state index contributed by atoms with van der Waals surface area (Å²) in [5, 5.41) is 12.1. The second-order valence-corrected chi connectivity index (χ2v) is 5.26. The van der Waals surface area contributed by atoms with Crippen LogP contribution in [0.2, 0.25) is 0 Å². The van der Waals surface area contributed by atoms with E-state index in [0.717, 1.165) is 5.01 Å². The molecule has 1 aromatic carbocycles. The largest absolute Gasteiger partial charge is 0.496 e. The second-order valence-electron chi connectivity index (χ2n) is 4.25. The molecule has 1 N–H and O–H groups in total. The molecule has 0 unspecified atom stereocenters. The van der Waals surface area contributed by atoms with Crippen LogP contribution in [0.25, 0.3) is 0 Å². The maximum atomic E-state index is 12.1. The number of aromatic nitrogens is 2. The van der Waals surface area contributed by atoms with E-state index in [4.69, 9.17) is 4.74 Å². The molecule has 1 amide bonds. The average Bonchev–Trinajstić information content (AvgIpc) is 2.87. The van der Waals surface area contributed by atoms with Crippen molar-refractivity contribution in [1.29, 1.82) is 0 Å². The van der Waals surface area contributed by atoms with E-state index in [-0.39, 0.29) is 5.91 Å². The van der Waals surface area contributed by atoms with Gasteiger partial charge in [0.1, 0.15) is 10.8 Å². The molecule has 5 nitrogen and oxygen atoms in total. The summed E-state index contributed by atoms with van der Waals surface area (Å²) in [6.07, 6.45) is 0. The van der Waals surface area contributed by atoms with Crippen LogP contribution in [0.3, 0.4) is 0 Å². The van der Waals surface area contributed by atoms with Gasteiger partial charge in [-0.2, -0.15) is 0 Å². The van der Waals surface area contributed by atoms with Crippen LogP contribution in [0.15, 0.2) is 24.3 Å². The number of anilines is 1. The van der Waals surface area contributed by atoms with E-state index in [9.17, 15) is 4.79 Å². The van der Waals surface area contributed by atoms with Crippen molar-refractivity contribution in [2.45, 2.75) is 19.8 Å². The third kappa shape index (κ3) is 3.08. The quantitative estimate of drug-likeness (QED) is 0.933. The first-order valence-electron chi connectivity index (χ1n) is 5.89. The number of ether oxygens (including phenoxy) is 1. The summed E-state index contributed by atoms with van der Waals surface area (Å²) in [7, 11) is 1.54. The third-order valence-electron chi connectivity index (χ3n) is 2.51. The van der Waals surface area contributed by atoms with E-state index in [0.29, 0.717) is 22.4 Å². The van der Waals surface area contributed by atoms with E-state index in [1.54, 1.807) is 18.2 Å². The predicted octanol–water partition coefficient (Wildman–Crippen LogP) is 2.92. The molecule has 0 bridgehead atoms. The summed E-state index contributed by atoms with van der Waals surface area (Å²) in [4.78, 5) is 12.1. The molecule has 6 heteroatoms. The molecule has 0 fully saturated rings. The number of hydrogen-bond donors (Lipinski definition) is 1. The topological polar surface area (TPSA) is 64.1 Å². The summed E-state index contributed by atoms with van der Waals surface area (Å²) < 4.78 is 5.15. The van der Waals surface area contributed by atoms with Crippen LogP contribution in [0.5, 0.6) is 5.75 Å². The number of rotatable bonds is 4. The van der Waals surface area contributed by atoms with Gasteiger partial charge in [0.25, 0.3) is 5.91 Å². The van der Waals surface area contributed by atoms with E-state index in [1.165, 1.54) is 18.4 Å². The van der Waals surface area contributed by atoms with Crippen molar-refractivity contribution in [3.63, 3.8) is 0 Å². The second kappa shape index (κ2) is 5.79. The molecule has 19 heavy (non-hydrogen) atoms. The number of nitrogens with one attached hydrogen (secondary N) is 1. The number of hydrogen-bond acceptors (Lipinski definition) is 5. The minimum atomic E-state index is -0.246. The highest BCUT2D eigenvalue weighted by Gasteiger charge is 2.14. The van der Waals surface area contributed by atoms with Crippen molar-refractivity contribution < 1.29 is 9.53 Å². The van der Waals surface area contributed by atoms with Gasteiger partial charge in [-0.1, -0.05) is 37.3 Å². The van der Waals surface area contributed by atoms with Gasteiger partial charge in [-0.15, -0.1) is 10.2 Å². The molecule has 100 valence electrons. The maximum absolute atomic E-state index is 12.1. The molecule has 2 aromatic rings. The highest BCUT2D eigenvalue weighted by Crippen LogP contribution is 2.24. The molecule has 0 spiro atoms. The van der Waals surface area contributed by atoms with Gasteiger partial charge in [0.05, 0.1) is 12.7 Å². The molecular formula is C13H15N3O2S. The molecule has 0 radical (unpaired) electrons. The van der Waals surface area contributed by atoms with Gasteiger partial charge in [-0.3, -0.25) is 10.1 Å². The SMILES string of the molecule is COc1ccccc1C(=O)Nc1nnc(C(C)C)s1. The summed E-state index contributed by atoms with van der Waals surface area (Å²) in [5.41, 5.74) is 0.478. The number of carbonyl (C=O) groups is 1. The molecular weight excluding hydrogens is 262 g/mol. The zero-order valence-electron chi connectivity index (χ0n) is 11.0. The van der Waals surface area contributed by atoms with Gasteiger partial charge in [0.2, 0.25) is 5.13 Å². The molecule has 0 aliphatic rings. The number of benzene rings is 1. The standard InChI is InChI=1S/C13H15N3O2S/c1-8(2)12-15-16-13(19-12)14-11(17)9-6-4-5-7-10(9)18-3/h4-8H,1-3H3,(H,14,16,17). The minimum Gasteiger partial charge on any atom is -0.496 e. The van der Waals surface area contributed by atoms with Crippen molar-refractivity contribution in [2.75, 3.05) is 12.4 Å². The van der Waals surface area contributed by atoms with Crippen molar-refractivity contribution in [2.24, 2.45) is 0 Å². The van der Waals surface area contributed by atoms with E-state index < -0.39 is 0 Å². The van der Waals surface area contributed by atoms with E-state index in [1.807, 2.05) is 19.9 Å². The Morgan fingerprint density at radius 3 is 2.68 bits per heavy atom. The van der Waals surface area contributed by atoms with Crippen molar-refractivity contribution in [3.05, 3.63) is 34.8 Å². The van der Waals surface area contributed by atoms with Gasteiger partial charge in [-0.25, -0.2) is 0 Å². The van der Waals surface area contributed by atoms with Crippen LogP contribution in [0, 0.1) is 0 Å². The summed E-state index contributed by atoms with van der Waals surface area (Å²) in [5.74, 6) is 0.590. The van der Waals surface area contributed by atoms with Crippen LogP contribution in [-0.4, -0.2) is 23.2 Å². The van der Waals surface area contributed by atoms with Crippen molar-refractivity contribution >= 4 is 22.4 Å². The normalized spacial score (nSPS) is 10.5. The van der Waals surface area contributed by atoms with Crippen molar-refractivity contribution in [3.8, 4) is 5.75 Å². The van der Waals surface area contributed by atoms with Gasteiger partial charge in [-0.05, 0) is 12.1 Å². The molecule has 0 saturated heterocycles. The summed E-state index contributed by atoms with van der Waals surface area (Å²) in [6, 6.07) is 7.06. The third-order valence-corrected chi connectivity index (χ3v) is 3.65. The summed E-state index contributed by atoms with van der Waals surface area (Å²) in [6.45, 7) is 4.07. The van der Waals surface area contributed by atoms with Crippen LogP contribution in [0.4, 0.5) is 5.13 Å². The number of nitrogens with zero attached hydrogens (tertiary/aromatic N) is 2. The predicted molar refractivity (Wildman–Crippen MR) is 74.9 cm³/mol. The van der Waals surface area contributed by atoms with Crippen LogP contribution in [-0.2, 0) is 0 Å². The fourth-order valence-corrected chi connectivity index (χ4v) is 2.26. The van der Waals surface area contributed by atoms with E-state index in [2.05, 4.69) is 15.5 Å². The Labute approximate surface area is 115 Å². The first kappa shape index (κ1) is 13.5. The number of methoxy groups -OCH3 is 1. The molecule has 2 rings (SSSR count). The summed E-state index contributed by atoms with van der Waals surface area (Å²) >= 11 is 1.38. The Morgan fingerprint density at radius 1 is 1.32 bits per heavy atom. The Morgan fingerprint density at radius 2 is 2.05 bits per heavy atom. The van der Waals surface area contributed by atoms with Crippen molar-refractivity contribution in [1.82, 2.24) is 10.2 Å². The Balaban J connectivity index is 2.16. The highest BCUT2D eigenvalue weighted by atomic mass is 32.1. The van der Waals surface area contributed by atoms with Gasteiger partial charge >= 0.3 is 0 Å². The lowest BCUT2D eigenvalue weighted by molar-refractivity contribution is 0.102. The highest BCUT2D eigenvalue weighted by molar-refractivity contribution is 7.15. The Bertz CT molecular complexity index is 581. The van der Waals surface area contributed by atoms with Gasteiger partial charge < -0.3 is 4.74 Å². The monoisotopic (exact) mass is 277 g/mol. The first-order valence-corrected chi connectivity index (χ1v) is 6.71. The van der Waals surface area contributed by atoms with Gasteiger partial charge in [0, 0.05) is 5.92 Å². The van der Waals surface area contributed by atoms with Crippen LogP contribution < -0.4 is 10.1 Å². The Kier molecular flexibility index (Phi) is 4.11.